The Morgan fingerprint density at radius 3 is 2.76 bits per heavy atom. The topological polar surface area (TPSA) is 75.8 Å². The van der Waals surface area contributed by atoms with Crippen LogP contribution in [0.1, 0.15) is 33.0 Å². The van der Waals surface area contributed by atoms with Crippen LogP contribution >= 0.6 is 24.0 Å². The molecule has 0 aliphatic heterocycles. The highest BCUT2D eigenvalue weighted by Gasteiger charge is 2.58. The first-order chi connectivity index (χ1) is 11.4. The summed E-state index contributed by atoms with van der Waals surface area (Å²) in [6.45, 7) is 7.15. The predicted molar refractivity (Wildman–Crippen MR) is 109 cm³/mol. The molecule has 2 aromatic rings. The predicted octanol–water partition coefficient (Wildman–Crippen LogP) is 2.22. The average Bonchev–Trinajstić information content (AvgIpc) is 3.00. The molecule has 0 saturated heterocycles. The summed E-state index contributed by atoms with van der Waals surface area (Å²) in [5, 5.41) is 15.2. The van der Waals surface area contributed by atoms with Crippen LogP contribution in [-0.2, 0) is 11.3 Å². The number of pyridine rings is 1. The minimum absolute atomic E-state index is 0. The fourth-order valence-electron chi connectivity index (χ4n) is 3.26. The SMILES string of the molecule is CN=C(NCc1nnc2ccccn12)NC1CC(C)(OC)C1(C)C.I. The average molecular weight is 458 g/mol. The number of fused-ring (bicyclic) bond motifs is 1. The molecule has 2 unspecified atom stereocenters. The zero-order valence-electron chi connectivity index (χ0n) is 15.4. The maximum Gasteiger partial charge on any atom is 0.191 e. The quantitative estimate of drug-likeness (QED) is 0.418. The Kier molecular flexibility index (Phi) is 5.93. The molecular formula is C17H27IN6O. The van der Waals surface area contributed by atoms with Crippen LogP contribution in [0.3, 0.4) is 0 Å². The molecule has 2 heterocycles. The Balaban J connectivity index is 0.00000225. The fourth-order valence-corrected chi connectivity index (χ4v) is 3.26. The molecule has 1 aliphatic carbocycles. The van der Waals surface area contributed by atoms with Crippen LogP contribution in [0.2, 0.25) is 0 Å². The van der Waals surface area contributed by atoms with Crippen LogP contribution < -0.4 is 10.6 Å². The van der Waals surface area contributed by atoms with Crippen molar-refractivity contribution in [3.8, 4) is 0 Å². The number of ether oxygens (including phenoxy) is 1. The van der Waals surface area contributed by atoms with Crippen LogP contribution in [0, 0.1) is 5.41 Å². The molecule has 138 valence electrons. The number of aliphatic imine (C=N–C) groups is 1. The molecule has 2 aromatic heterocycles. The molecule has 0 bridgehead atoms. The molecule has 1 aliphatic rings. The van der Waals surface area contributed by atoms with Crippen molar-refractivity contribution >= 4 is 35.6 Å². The summed E-state index contributed by atoms with van der Waals surface area (Å²) < 4.78 is 7.65. The molecule has 0 spiro atoms. The van der Waals surface area contributed by atoms with Crippen LogP contribution in [0.4, 0.5) is 0 Å². The lowest BCUT2D eigenvalue weighted by molar-refractivity contribution is -0.176. The standard InChI is InChI=1S/C17H26N6O.HI/c1-16(2)12(10-17(16,3)24-5)20-15(18-4)19-11-14-22-21-13-8-6-7-9-23(13)14;/h6-9,12H,10-11H2,1-5H3,(H2,18,19,20);1H. The van der Waals surface area contributed by atoms with Crippen molar-refractivity contribution < 1.29 is 4.74 Å². The molecule has 7 nitrogen and oxygen atoms in total. The summed E-state index contributed by atoms with van der Waals surface area (Å²) in [5.74, 6) is 1.61. The summed E-state index contributed by atoms with van der Waals surface area (Å²) in [6.07, 6.45) is 2.91. The minimum Gasteiger partial charge on any atom is -0.378 e. The molecular weight excluding hydrogens is 431 g/mol. The van der Waals surface area contributed by atoms with E-state index in [4.69, 9.17) is 4.74 Å². The third-order valence-electron chi connectivity index (χ3n) is 5.61. The van der Waals surface area contributed by atoms with Crippen LogP contribution in [0.25, 0.3) is 5.65 Å². The van der Waals surface area contributed by atoms with Crippen molar-refractivity contribution in [3.05, 3.63) is 30.2 Å². The van der Waals surface area contributed by atoms with Gasteiger partial charge in [0.25, 0.3) is 0 Å². The van der Waals surface area contributed by atoms with Crippen LogP contribution in [0.5, 0.6) is 0 Å². The Bertz CT molecular complexity index is 758. The first-order valence-corrected chi connectivity index (χ1v) is 8.22. The van der Waals surface area contributed by atoms with Gasteiger partial charge in [0.2, 0.25) is 0 Å². The number of halogens is 1. The molecule has 1 saturated carbocycles. The first-order valence-electron chi connectivity index (χ1n) is 8.22. The fraction of sp³-hybridized carbons (Fsp3) is 0.588. The second kappa shape index (κ2) is 7.45. The highest BCUT2D eigenvalue weighted by Crippen LogP contribution is 2.51. The summed E-state index contributed by atoms with van der Waals surface area (Å²) in [7, 11) is 3.56. The van der Waals surface area contributed by atoms with Gasteiger partial charge in [0.05, 0.1) is 12.1 Å². The lowest BCUT2D eigenvalue weighted by Crippen LogP contribution is -2.69. The van der Waals surface area contributed by atoms with E-state index in [1.165, 1.54) is 0 Å². The molecule has 2 N–H and O–H groups in total. The van der Waals surface area contributed by atoms with E-state index in [9.17, 15) is 0 Å². The van der Waals surface area contributed by atoms with E-state index in [0.29, 0.717) is 12.6 Å². The third kappa shape index (κ3) is 3.46. The van der Waals surface area contributed by atoms with Gasteiger partial charge in [-0.25, -0.2) is 0 Å². The van der Waals surface area contributed by atoms with Crippen molar-refractivity contribution in [2.24, 2.45) is 10.4 Å². The first kappa shape index (κ1) is 19.9. The largest absolute Gasteiger partial charge is 0.378 e. The summed E-state index contributed by atoms with van der Waals surface area (Å²) in [6, 6.07) is 6.16. The second-order valence-corrected chi connectivity index (χ2v) is 7.03. The number of methoxy groups -OCH3 is 1. The lowest BCUT2D eigenvalue weighted by atomic mass is 9.56. The summed E-state index contributed by atoms with van der Waals surface area (Å²) in [5.41, 5.74) is 0.765. The summed E-state index contributed by atoms with van der Waals surface area (Å²) in [4.78, 5) is 4.32. The van der Waals surface area contributed by atoms with Gasteiger partial charge in [-0.1, -0.05) is 19.9 Å². The molecule has 0 radical (unpaired) electrons. The number of hydrogen-bond acceptors (Lipinski definition) is 4. The number of hydrogen-bond donors (Lipinski definition) is 2. The van der Waals surface area contributed by atoms with Crippen molar-refractivity contribution in [1.82, 2.24) is 25.2 Å². The maximum atomic E-state index is 5.68. The highest BCUT2D eigenvalue weighted by molar-refractivity contribution is 14.0. The van der Waals surface area contributed by atoms with Crippen LogP contribution in [-0.4, -0.2) is 46.4 Å². The van der Waals surface area contributed by atoms with Gasteiger partial charge in [0, 0.05) is 31.8 Å². The zero-order chi connectivity index (χ0) is 17.4. The second-order valence-electron chi connectivity index (χ2n) is 7.03. The van der Waals surface area contributed by atoms with Crippen molar-refractivity contribution in [1.29, 1.82) is 0 Å². The van der Waals surface area contributed by atoms with Gasteiger partial charge in [-0.15, -0.1) is 34.2 Å². The summed E-state index contributed by atoms with van der Waals surface area (Å²) >= 11 is 0. The lowest BCUT2D eigenvalue weighted by Gasteiger charge is -2.59. The Hall–Kier alpha value is -1.42. The van der Waals surface area contributed by atoms with E-state index in [-0.39, 0.29) is 35.0 Å². The Morgan fingerprint density at radius 2 is 2.12 bits per heavy atom. The monoisotopic (exact) mass is 458 g/mol. The van der Waals surface area contributed by atoms with E-state index in [1.807, 2.05) is 28.8 Å². The van der Waals surface area contributed by atoms with E-state index in [1.54, 1.807) is 14.2 Å². The van der Waals surface area contributed by atoms with Crippen molar-refractivity contribution in [2.75, 3.05) is 14.2 Å². The van der Waals surface area contributed by atoms with Gasteiger partial charge in [-0.3, -0.25) is 9.39 Å². The van der Waals surface area contributed by atoms with E-state index in [0.717, 1.165) is 23.9 Å². The van der Waals surface area contributed by atoms with Crippen molar-refractivity contribution in [3.63, 3.8) is 0 Å². The zero-order valence-corrected chi connectivity index (χ0v) is 17.7. The van der Waals surface area contributed by atoms with E-state index >= 15 is 0 Å². The minimum atomic E-state index is -0.104. The number of guanidine groups is 1. The van der Waals surface area contributed by atoms with E-state index < -0.39 is 0 Å². The van der Waals surface area contributed by atoms with Crippen LogP contribution in [0.15, 0.2) is 29.4 Å². The number of nitrogens with zero attached hydrogens (tertiary/aromatic N) is 4. The highest BCUT2D eigenvalue weighted by atomic mass is 127. The number of nitrogens with one attached hydrogen (secondary N) is 2. The molecule has 0 aromatic carbocycles. The third-order valence-corrected chi connectivity index (χ3v) is 5.61. The van der Waals surface area contributed by atoms with Gasteiger partial charge in [0.15, 0.2) is 17.4 Å². The number of rotatable bonds is 4. The van der Waals surface area contributed by atoms with Crippen molar-refractivity contribution in [2.45, 2.75) is 45.4 Å². The van der Waals surface area contributed by atoms with Gasteiger partial charge in [-0.2, -0.15) is 0 Å². The normalized spacial score (nSPS) is 25.2. The smallest absolute Gasteiger partial charge is 0.191 e. The molecule has 25 heavy (non-hydrogen) atoms. The van der Waals surface area contributed by atoms with Gasteiger partial charge in [-0.05, 0) is 25.5 Å². The van der Waals surface area contributed by atoms with E-state index in [2.05, 4.69) is 46.6 Å². The molecule has 0 amide bonds. The van der Waals surface area contributed by atoms with Gasteiger partial charge >= 0.3 is 0 Å². The van der Waals surface area contributed by atoms with Gasteiger partial charge < -0.3 is 15.4 Å². The molecule has 2 atom stereocenters. The Labute approximate surface area is 165 Å². The Morgan fingerprint density at radius 1 is 1.36 bits per heavy atom. The molecule has 3 rings (SSSR count). The van der Waals surface area contributed by atoms with Gasteiger partial charge in [0.1, 0.15) is 0 Å². The maximum absolute atomic E-state index is 5.68. The number of aromatic nitrogens is 3. The molecule has 8 heteroatoms. The molecule has 1 fully saturated rings.